The van der Waals surface area contributed by atoms with Crippen molar-refractivity contribution in [3.05, 3.63) is 11.9 Å². The third-order valence-corrected chi connectivity index (χ3v) is 4.20. The summed E-state index contributed by atoms with van der Waals surface area (Å²) in [6.07, 6.45) is 11.4. The zero-order chi connectivity index (χ0) is 11.5. The summed E-state index contributed by atoms with van der Waals surface area (Å²) in [4.78, 5) is 0. The van der Waals surface area contributed by atoms with Crippen LogP contribution in [0.5, 0.6) is 0 Å². The summed E-state index contributed by atoms with van der Waals surface area (Å²) >= 11 is 0. The minimum atomic E-state index is 0.522. The Hall–Kier alpha value is -0.900. The molecule has 1 N–H and O–H groups in total. The predicted molar refractivity (Wildman–Crippen MR) is 67.0 cm³/mol. The van der Waals surface area contributed by atoms with Gasteiger partial charge in [-0.15, -0.1) is 5.10 Å². The highest BCUT2D eigenvalue weighted by Crippen LogP contribution is 2.31. The van der Waals surface area contributed by atoms with Gasteiger partial charge < -0.3 is 5.32 Å². The van der Waals surface area contributed by atoms with E-state index in [-0.39, 0.29) is 0 Å². The van der Waals surface area contributed by atoms with Gasteiger partial charge in [0, 0.05) is 18.7 Å². The Labute approximate surface area is 103 Å². The number of nitrogens with one attached hydrogen (secondary N) is 1. The first kappa shape index (κ1) is 11.2. The van der Waals surface area contributed by atoms with E-state index in [1.807, 2.05) is 0 Å². The van der Waals surface area contributed by atoms with E-state index in [2.05, 4.69) is 26.5 Å². The monoisotopic (exact) mass is 234 g/mol. The van der Waals surface area contributed by atoms with E-state index in [0.29, 0.717) is 12.0 Å². The lowest BCUT2D eigenvalue weighted by molar-refractivity contribution is 0.341. The molecule has 4 heteroatoms. The third kappa shape index (κ3) is 2.51. The molecule has 4 nitrogen and oxygen atoms in total. The standard InChI is InChI=1S/C13H22N4/c1-2-5-11(6-3-1)13-10-17(16-15-13)12-7-4-8-14-9-12/h10-12,14H,1-9H2. The molecule has 1 aromatic rings. The van der Waals surface area contributed by atoms with Gasteiger partial charge in [0.05, 0.1) is 11.7 Å². The van der Waals surface area contributed by atoms with E-state index in [1.165, 1.54) is 50.6 Å². The summed E-state index contributed by atoms with van der Waals surface area (Å²) in [7, 11) is 0. The fourth-order valence-electron chi connectivity index (χ4n) is 3.11. The van der Waals surface area contributed by atoms with Crippen molar-refractivity contribution in [1.82, 2.24) is 20.3 Å². The van der Waals surface area contributed by atoms with Crippen LogP contribution in [-0.4, -0.2) is 28.1 Å². The van der Waals surface area contributed by atoms with Crippen molar-refractivity contribution in [2.75, 3.05) is 13.1 Å². The first-order valence-electron chi connectivity index (χ1n) is 7.06. The molecule has 17 heavy (non-hydrogen) atoms. The third-order valence-electron chi connectivity index (χ3n) is 4.20. The second-order valence-corrected chi connectivity index (χ2v) is 5.46. The van der Waals surface area contributed by atoms with Crippen molar-refractivity contribution < 1.29 is 0 Å². The zero-order valence-electron chi connectivity index (χ0n) is 10.4. The molecule has 0 aromatic carbocycles. The Morgan fingerprint density at radius 2 is 2.00 bits per heavy atom. The molecule has 94 valence electrons. The van der Waals surface area contributed by atoms with Crippen LogP contribution in [0.3, 0.4) is 0 Å². The highest BCUT2D eigenvalue weighted by Gasteiger charge is 2.21. The number of rotatable bonds is 2. The molecule has 1 unspecified atom stereocenters. The first-order valence-corrected chi connectivity index (χ1v) is 7.06. The summed E-state index contributed by atoms with van der Waals surface area (Å²) in [6.45, 7) is 2.20. The number of piperidine rings is 1. The topological polar surface area (TPSA) is 42.7 Å². The van der Waals surface area contributed by atoms with Gasteiger partial charge in [-0.05, 0) is 32.2 Å². The van der Waals surface area contributed by atoms with E-state index in [4.69, 9.17) is 0 Å². The maximum atomic E-state index is 4.40. The van der Waals surface area contributed by atoms with Gasteiger partial charge in [-0.25, -0.2) is 4.68 Å². The van der Waals surface area contributed by atoms with Crippen LogP contribution in [0.2, 0.25) is 0 Å². The highest BCUT2D eigenvalue weighted by atomic mass is 15.4. The van der Waals surface area contributed by atoms with Crippen molar-refractivity contribution in [1.29, 1.82) is 0 Å². The molecule has 1 atom stereocenters. The van der Waals surface area contributed by atoms with Gasteiger partial charge in [0.1, 0.15) is 0 Å². The van der Waals surface area contributed by atoms with E-state index >= 15 is 0 Å². The minimum Gasteiger partial charge on any atom is -0.315 e. The quantitative estimate of drug-likeness (QED) is 0.853. The molecular formula is C13H22N4. The molecule has 0 spiro atoms. The zero-order valence-corrected chi connectivity index (χ0v) is 10.4. The summed E-state index contributed by atoms with van der Waals surface area (Å²) < 4.78 is 2.09. The molecule has 2 heterocycles. The lowest BCUT2D eigenvalue weighted by atomic mass is 9.87. The molecule has 1 saturated heterocycles. The molecule has 0 bridgehead atoms. The Kier molecular flexibility index (Phi) is 3.41. The van der Waals surface area contributed by atoms with E-state index < -0.39 is 0 Å². The van der Waals surface area contributed by atoms with Crippen molar-refractivity contribution in [3.8, 4) is 0 Å². The summed E-state index contributed by atoms with van der Waals surface area (Å²) in [5, 5.41) is 12.2. The van der Waals surface area contributed by atoms with E-state index in [9.17, 15) is 0 Å². The molecule has 3 rings (SSSR count). The van der Waals surface area contributed by atoms with Crippen LogP contribution in [0.15, 0.2) is 6.20 Å². The van der Waals surface area contributed by atoms with Gasteiger partial charge >= 0.3 is 0 Å². The summed E-state index contributed by atoms with van der Waals surface area (Å²) in [6, 6.07) is 0.522. The number of hydrogen-bond donors (Lipinski definition) is 1. The molecule has 0 radical (unpaired) electrons. The van der Waals surface area contributed by atoms with Crippen LogP contribution in [0.1, 0.15) is 62.6 Å². The molecule has 1 saturated carbocycles. The average molecular weight is 234 g/mol. The molecule has 2 aliphatic rings. The van der Waals surface area contributed by atoms with Crippen LogP contribution < -0.4 is 5.32 Å². The number of aromatic nitrogens is 3. The predicted octanol–water partition coefficient (Wildman–Crippen LogP) is 2.25. The number of hydrogen-bond acceptors (Lipinski definition) is 3. The molecule has 0 amide bonds. The van der Waals surface area contributed by atoms with Gasteiger partial charge in [0.25, 0.3) is 0 Å². The smallest absolute Gasteiger partial charge is 0.0858 e. The van der Waals surface area contributed by atoms with E-state index in [1.54, 1.807) is 0 Å². The van der Waals surface area contributed by atoms with Crippen LogP contribution >= 0.6 is 0 Å². The number of nitrogens with zero attached hydrogens (tertiary/aromatic N) is 3. The van der Waals surface area contributed by atoms with Crippen LogP contribution in [0.4, 0.5) is 0 Å². The second kappa shape index (κ2) is 5.17. The maximum absolute atomic E-state index is 4.40. The van der Waals surface area contributed by atoms with Crippen molar-refractivity contribution in [3.63, 3.8) is 0 Å². The van der Waals surface area contributed by atoms with Crippen LogP contribution in [-0.2, 0) is 0 Å². The Morgan fingerprint density at radius 1 is 1.12 bits per heavy atom. The fraction of sp³-hybridized carbons (Fsp3) is 0.846. The second-order valence-electron chi connectivity index (χ2n) is 5.46. The molecule has 1 aliphatic heterocycles. The molecule has 1 aliphatic carbocycles. The fourth-order valence-corrected chi connectivity index (χ4v) is 3.11. The van der Waals surface area contributed by atoms with Crippen molar-refractivity contribution >= 4 is 0 Å². The van der Waals surface area contributed by atoms with E-state index in [0.717, 1.165) is 13.1 Å². The summed E-state index contributed by atoms with van der Waals surface area (Å²) in [5.74, 6) is 0.675. The highest BCUT2D eigenvalue weighted by molar-refractivity contribution is 5.03. The lowest BCUT2D eigenvalue weighted by Crippen LogP contribution is -2.31. The Morgan fingerprint density at radius 3 is 2.76 bits per heavy atom. The molecular weight excluding hydrogens is 212 g/mol. The van der Waals surface area contributed by atoms with Gasteiger partial charge in [0.15, 0.2) is 0 Å². The van der Waals surface area contributed by atoms with Gasteiger partial charge in [-0.3, -0.25) is 0 Å². The van der Waals surface area contributed by atoms with Crippen LogP contribution in [0, 0.1) is 0 Å². The van der Waals surface area contributed by atoms with Gasteiger partial charge in [-0.2, -0.15) is 0 Å². The Bertz CT molecular complexity index is 316. The molecule has 1 aromatic heterocycles. The largest absolute Gasteiger partial charge is 0.315 e. The first-order chi connectivity index (χ1) is 8.43. The normalized spacial score (nSPS) is 27.2. The van der Waals surface area contributed by atoms with Gasteiger partial charge in [0.2, 0.25) is 0 Å². The average Bonchev–Trinajstić information content (AvgIpc) is 2.90. The maximum Gasteiger partial charge on any atom is 0.0858 e. The SMILES string of the molecule is c1c(C2CCCCC2)nnn1C1CCCNC1. The van der Waals surface area contributed by atoms with Crippen LogP contribution in [0.25, 0.3) is 0 Å². The van der Waals surface area contributed by atoms with Gasteiger partial charge in [-0.1, -0.05) is 24.5 Å². The minimum absolute atomic E-state index is 0.522. The lowest BCUT2D eigenvalue weighted by Gasteiger charge is -2.22. The Balaban J connectivity index is 1.68. The van der Waals surface area contributed by atoms with Crippen molar-refractivity contribution in [2.45, 2.75) is 56.9 Å². The molecule has 2 fully saturated rings. The van der Waals surface area contributed by atoms with Crippen molar-refractivity contribution in [2.24, 2.45) is 0 Å². The summed E-state index contributed by atoms with van der Waals surface area (Å²) in [5.41, 5.74) is 1.23.